The number of esters is 1. The number of carbonyl (C=O) groups is 1. The van der Waals surface area contributed by atoms with Crippen molar-refractivity contribution in [3.8, 4) is 0 Å². The fraction of sp³-hybridized carbons (Fsp3) is 0.929. The Kier molecular flexibility index (Phi) is 5.44. The minimum atomic E-state index is -0.161. The number of ether oxygens (including phenoxy) is 1. The van der Waals surface area contributed by atoms with Crippen molar-refractivity contribution in [1.29, 1.82) is 0 Å². The molecule has 0 heterocycles. The summed E-state index contributed by atoms with van der Waals surface area (Å²) in [5.74, 6) is 1.69. The van der Waals surface area contributed by atoms with E-state index < -0.39 is 0 Å². The number of nitrogens with one attached hydrogen (secondary N) is 1. The average molecular weight is 241 g/mol. The lowest BCUT2D eigenvalue weighted by Crippen LogP contribution is -2.49. The molecular weight excluding hydrogens is 214 g/mol. The molecule has 0 aliphatic heterocycles. The summed E-state index contributed by atoms with van der Waals surface area (Å²) in [4.78, 5) is 11.7. The van der Waals surface area contributed by atoms with Crippen molar-refractivity contribution < 1.29 is 9.53 Å². The van der Waals surface area contributed by atoms with E-state index in [-0.39, 0.29) is 17.9 Å². The molecule has 1 saturated carbocycles. The number of hydrogen-bond acceptors (Lipinski definition) is 3. The molecule has 17 heavy (non-hydrogen) atoms. The predicted octanol–water partition coefficient (Wildman–Crippen LogP) is 2.60. The molecule has 1 aliphatic carbocycles. The van der Waals surface area contributed by atoms with Gasteiger partial charge in [-0.25, -0.2) is 0 Å². The minimum Gasteiger partial charge on any atom is -0.468 e. The zero-order valence-corrected chi connectivity index (χ0v) is 11.8. The van der Waals surface area contributed by atoms with Crippen LogP contribution in [0.1, 0.15) is 47.0 Å². The molecule has 0 saturated heterocycles. The van der Waals surface area contributed by atoms with Gasteiger partial charge in [0.1, 0.15) is 6.04 Å². The SMILES string of the molecule is COC(=O)[C@H](NC1CCC(C)C(C)C1)C(C)C. The predicted molar refractivity (Wildman–Crippen MR) is 69.7 cm³/mol. The number of methoxy groups -OCH3 is 1. The summed E-state index contributed by atoms with van der Waals surface area (Å²) >= 11 is 0. The van der Waals surface area contributed by atoms with E-state index in [0.29, 0.717) is 6.04 Å². The highest BCUT2D eigenvalue weighted by molar-refractivity contribution is 5.75. The van der Waals surface area contributed by atoms with E-state index in [2.05, 4.69) is 33.0 Å². The Hall–Kier alpha value is -0.570. The fourth-order valence-corrected chi connectivity index (χ4v) is 2.61. The van der Waals surface area contributed by atoms with Crippen molar-refractivity contribution in [1.82, 2.24) is 5.32 Å². The highest BCUT2D eigenvalue weighted by Crippen LogP contribution is 2.29. The van der Waals surface area contributed by atoms with Crippen molar-refractivity contribution in [2.24, 2.45) is 17.8 Å². The molecule has 0 bridgehead atoms. The lowest BCUT2D eigenvalue weighted by atomic mass is 9.78. The fourth-order valence-electron chi connectivity index (χ4n) is 2.61. The molecule has 0 aromatic carbocycles. The highest BCUT2D eigenvalue weighted by atomic mass is 16.5. The maximum absolute atomic E-state index is 11.7. The van der Waals surface area contributed by atoms with Crippen LogP contribution in [-0.4, -0.2) is 25.2 Å². The summed E-state index contributed by atoms with van der Waals surface area (Å²) in [6, 6.07) is 0.304. The first-order chi connectivity index (χ1) is 7.95. The van der Waals surface area contributed by atoms with Crippen LogP contribution in [0.5, 0.6) is 0 Å². The van der Waals surface area contributed by atoms with Crippen molar-refractivity contribution in [2.75, 3.05) is 7.11 Å². The molecule has 0 amide bonds. The topological polar surface area (TPSA) is 38.3 Å². The zero-order valence-electron chi connectivity index (χ0n) is 11.8. The van der Waals surface area contributed by atoms with Crippen LogP contribution in [0.2, 0.25) is 0 Å². The molecule has 3 heteroatoms. The summed E-state index contributed by atoms with van der Waals surface area (Å²) in [6.45, 7) is 8.75. The molecule has 100 valence electrons. The monoisotopic (exact) mass is 241 g/mol. The van der Waals surface area contributed by atoms with E-state index in [1.807, 2.05) is 0 Å². The molecule has 1 fully saturated rings. The Morgan fingerprint density at radius 1 is 1.24 bits per heavy atom. The lowest BCUT2D eigenvalue weighted by molar-refractivity contribution is -0.144. The lowest BCUT2D eigenvalue weighted by Gasteiger charge is -2.35. The quantitative estimate of drug-likeness (QED) is 0.769. The van der Waals surface area contributed by atoms with E-state index >= 15 is 0 Å². The highest BCUT2D eigenvalue weighted by Gasteiger charge is 2.30. The van der Waals surface area contributed by atoms with Gasteiger partial charge >= 0.3 is 5.97 Å². The van der Waals surface area contributed by atoms with Gasteiger partial charge in [-0.2, -0.15) is 0 Å². The van der Waals surface area contributed by atoms with Crippen LogP contribution in [0, 0.1) is 17.8 Å². The van der Waals surface area contributed by atoms with Crippen molar-refractivity contribution in [3.63, 3.8) is 0 Å². The van der Waals surface area contributed by atoms with Crippen molar-refractivity contribution in [3.05, 3.63) is 0 Å². The second-order valence-corrected chi connectivity index (χ2v) is 5.88. The molecule has 3 nitrogen and oxygen atoms in total. The Morgan fingerprint density at radius 3 is 2.35 bits per heavy atom. The van der Waals surface area contributed by atoms with Crippen LogP contribution < -0.4 is 5.32 Å². The van der Waals surface area contributed by atoms with Gasteiger partial charge in [0.05, 0.1) is 7.11 Å². The average Bonchev–Trinajstić information content (AvgIpc) is 2.29. The van der Waals surface area contributed by atoms with E-state index in [1.54, 1.807) is 0 Å². The molecule has 0 aromatic rings. The summed E-state index contributed by atoms with van der Waals surface area (Å²) < 4.78 is 4.86. The molecule has 1 rings (SSSR count). The van der Waals surface area contributed by atoms with Gasteiger partial charge in [-0.3, -0.25) is 4.79 Å². The Balaban J connectivity index is 2.53. The first-order valence-corrected chi connectivity index (χ1v) is 6.79. The molecule has 3 unspecified atom stereocenters. The van der Waals surface area contributed by atoms with Crippen LogP contribution in [0.15, 0.2) is 0 Å². The Morgan fingerprint density at radius 2 is 1.88 bits per heavy atom. The first-order valence-electron chi connectivity index (χ1n) is 6.79. The third-order valence-electron chi connectivity index (χ3n) is 4.14. The molecule has 0 aromatic heterocycles. The summed E-state index contributed by atoms with van der Waals surface area (Å²) in [5.41, 5.74) is 0. The van der Waals surface area contributed by atoms with Crippen molar-refractivity contribution in [2.45, 2.75) is 59.0 Å². The largest absolute Gasteiger partial charge is 0.468 e. The maximum atomic E-state index is 11.7. The van der Waals surface area contributed by atoms with Gasteiger partial charge in [-0.05, 0) is 37.0 Å². The van der Waals surface area contributed by atoms with Gasteiger partial charge in [-0.1, -0.05) is 27.7 Å². The zero-order chi connectivity index (χ0) is 13.0. The summed E-state index contributed by atoms with van der Waals surface area (Å²) in [7, 11) is 1.46. The number of hydrogen-bond donors (Lipinski definition) is 1. The molecular formula is C14H27NO2. The van der Waals surface area contributed by atoms with E-state index in [9.17, 15) is 4.79 Å². The number of carbonyl (C=O) groups excluding carboxylic acids is 1. The minimum absolute atomic E-state index is 0.133. The van der Waals surface area contributed by atoms with Crippen LogP contribution in [-0.2, 0) is 9.53 Å². The van der Waals surface area contributed by atoms with Gasteiger partial charge in [0.15, 0.2) is 0 Å². The van der Waals surface area contributed by atoms with Gasteiger partial charge in [0.25, 0.3) is 0 Å². The maximum Gasteiger partial charge on any atom is 0.323 e. The molecule has 0 radical (unpaired) electrons. The van der Waals surface area contributed by atoms with Crippen LogP contribution >= 0.6 is 0 Å². The molecule has 1 aliphatic rings. The number of rotatable bonds is 4. The van der Waals surface area contributed by atoms with E-state index in [0.717, 1.165) is 11.8 Å². The molecule has 4 atom stereocenters. The smallest absolute Gasteiger partial charge is 0.323 e. The molecule has 0 spiro atoms. The van der Waals surface area contributed by atoms with Crippen LogP contribution in [0.4, 0.5) is 0 Å². The summed E-state index contributed by atoms with van der Waals surface area (Å²) in [5, 5.41) is 3.48. The van der Waals surface area contributed by atoms with Crippen LogP contribution in [0.25, 0.3) is 0 Å². The summed E-state index contributed by atoms with van der Waals surface area (Å²) in [6.07, 6.45) is 3.60. The third kappa shape index (κ3) is 3.98. The Labute approximate surface area is 105 Å². The van der Waals surface area contributed by atoms with Gasteiger partial charge < -0.3 is 10.1 Å². The third-order valence-corrected chi connectivity index (χ3v) is 4.14. The van der Waals surface area contributed by atoms with Gasteiger partial charge in [-0.15, -0.1) is 0 Å². The normalized spacial score (nSPS) is 31.3. The van der Waals surface area contributed by atoms with Crippen molar-refractivity contribution >= 4 is 5.97 Å². The Bertz CT molecular complexity index is 253. The second-order valence-electron chi connectivity index (χ2n) is 5.88. The van der Waals surface area contributed by atoms with E-state index in [1.165, 1.54) is 26.4 Å². The first kappa shape index (κ1) is 14.5. The van der Waals surface area contributed by atoms with Crippen LogP contribution in [0.3, 0.4) is 0 Å². The second kappa shape index (κ2) is 6.39. The van der Waals surface area contributed by atoms with Gasteiger partial charge in [0, 0.05) is 6.04 Å². The van der Waals surface area contributed by atoms with Gasteiger partial charge in [0.2, 0.25) is 0 Å². The van der Waals surface area contributed by atoms with E-state index in [4.69, 9.17) is 4.74 Å². The standard InChI is InChI=1S/C14H27NO2/c1-9(2)13(14(16)17-5)15-12-7-6-10(3)11(4)8-12/h9-13,15H,6-8H2,1-5H3/t10?,11?,12?,13-/m1/s1. The molecule has 1 N–H and O–H groups in total.